The third kappa shape index (κ3) is 6.65. The molecule has 9 heteroatoms. The van der Waals surface area contributed by atoms with Crippen LogP contribution in [0.5, 0.6) is 0 Å². The first-order chi connectivity index (χ1) is 12.9. The third-order valence-electron chi connectivity index (χ3n) is 3.89. The lowest BCUT2D eigenvalue weighted by Crippen LogP contribution is -2.30. The molecule has 2 aromatic rings. The zero-order valence-corrected chi connectivity index (χ0v) is 16.1. The van der Waals surface area contributed by atoms with E-state index in [4.69, 9.17) is 17.3 Å². The van der Waals surface area contributed by atoms with E-state index in [-0.39, 0.29) is 31.6 Å². The predicted octanol–water partition coefficient (Wildman–Crippen LogP) is 3.11. The fraction of sp³-hybridized carbons (Fsp3) is 0.333. The number of primary amides is 1. The van der Waals surface area contributed by atoms with E-state index in [0.29, 0.717) is 17.1 Å². The molecule has 0 radical (unpaired) electrons. The lowest BCUT2D eigenvalue weighted by molar-refractivity contribution is -0.144. The van der Waals surface area contributed by atoms with Crippen LogP contribution in [0.3, 0.4) is 0 Å². The summed E-state index contributed by atoms with van der Waals surface area (Å²) in [6.07, 6.45) is 0.707. The Morgan fingerprint density at radius 2 is 2.04 bits per heavy atom. The average molecular weight is 410 g/mol. The maximum atomic E-state index is 12.3. The lowest BCUT2D eigenvalue weighted by atomic mass is 9.95. The number of rotatable bonds is 10. The Kier molecular flexibility index (Phi) is 7.75. The molecule has 27 heavy (non-hydrogen) atoms. The molecule has 1 heterocycles. The number of Topliss-reactive ketones (excluding diaryl/α,β-unsaturated/α-hetero) is 1. The fourth-order valence-corrected chi connectivity index (χ4v) is 3.71. The summed E-state index contributed by atoms with van der Waals surface area (Å²) in [5, 5.41) is 14.8. The normalized spacial score (nSPS) is 11.7. The van der Waals surface area contributed by atoms with Gasteiger partial charge in [0.2, 0.25) is 0 Å². The molecular weight excluding hydrogens is 390 g/mol. The van der Waals surface area contributed by atoms with E-state index in [1.807, 2.05) is 18.2 Å². The summed E-state index contributed by atoms with van der Waals surface area (Å²) in [7, 11) is 0. The molecule has 1 aromatic heterocycles. The van der Waals surface area contributed by atoms with Crippen LogP contribution in [0, 0.1) is 5.92 Å². The molecule has 0 spiro atoms. The Morgan fingerprint density at radius 1 is 1.30 bits per heavy atom. The number of carboxylic acid groups (broad SMARTS) is 1. The number of urea groups is 1. The number of thiazole rings is 1. The Morgan fingerprint density at radius 3 is 2.70 bits per heavy atom. The minimum atomic E-state index is -1.03. The molecule has 7 nitrogen and oxygen atoms in total. The van der Waals surface area contributed by atoms with Gasteiger partial charge in [-0.3, -0.25) is 9.59 Å². The minimum absolute atomic E-state index is 0.0737. The van der Waals surface area contributed by atoms with Gasteiger partial charge < -0.3 is 16.2 Å². The second-order valence-electron chi connectivity index (χ2n) is 6.01. The number of carbonyl (C=O) groups is 3. The van der Waals surface area contributed by atoms with Crippen LogP contribution in [-0.2, 0) is 16.0 Å². The number of hydrogen-bond acceptors (Lipinski definition) is 5. The van der Waals surface area contributed by atoms with Crippen LogP contribution in [-0.4, -0.2) is 34.4 Å². The van der Waals surface area contributed by atoms with Gasteiger partial charge >= 0.3 is 12.0 Å². The number of ketones is 1. The van der Waals surface area contributed by atoms with Crippen molar-refractivity contribution < 1.29 is 19.5 Å². The van der Waals surface area contributed by atoms with E-state index in [2.05, 4.69) is 10.3 Å². The second kappa shape index (κ2) is 10.0. The van der Waals surface area contributed by atoms with Crippen LogP contribution < -0.4 is 11.1 Å². The number of nitrogens with one attached hydrogen (secondary N) is 1. The lowest BCUT2D eigenvalue weighted by Gasteiger charge is -2.11. The van der Waals surface area contributed by atoms with Gasteiger partial charge in [0.25, 0.3) is 0 Å². The number of nitrogens with two attached hydrogens (primary N) is 1. The molecule has 0 aliphatic rings. The highest BCUT2D eigenvalue weighted by Crippen LogP contribution is 2.30. The van der Waals surface area contributed by atoms with Gasteiger partial charge in [0.1, 0.15) is 10.8 Å². The van der Waals surface area contributed by atoms with Gasteiger partial charge in [0.05, 0.1) is 16.6 Å². The summed E-state index contributed by atoms with van der Waals surface area (Å²) >= 11 is 7.55. The quantitative estimate of drug-likeness (QED) is 0.520. The van der Waals surface area contributed by atoms with Crippen molar-refractivity contribution in [1.82, 2.24) is 10.3 Å². The topological polar surface area (TPSA) is 122 Å². The molecule has 2 amide bonds. The number of aliphatic carboxylic acids is 1. The Labute approximate surface area is 165 Å². The van der Waals surface area contributed by atoms with Crippen LogP contribution in [0.15, 0.2) is 29.6 Å². The molecular formula is C18H20ClN3O4S. The number of carbonyl (C=O) groups excluding carboxylic acids is 2. The molecule has 2 rings (SSSR count). The summed E-state index contributed by atoms with van der Waals surface area (Å²) in [5.41, 5.74) is 6.35. The van der Waals surface area contributed by atoms with Crippen molar-refractivity contribution >= 4 is 40.7 Å². The zero-order valence-electron chi connectivity index (χ0n) is 14.5. The van der Waals surface area contributed by atoms with Crippen molar-refractivity contribution in [3.8, 4) is 10.6 Å². The van der Waals surface area contributed by atoms with Crippen molar-refractivity contribution in [2.75, 3.05) is 6.54 Å². The maximum Gasteiger partial charge on any atom is 0.312 e. The molecule has 0 aliphatic carbocycles. The SMILES string of the molecule is NC(=O)NCCC[C@@H](CC(=O)Cc1csc(-c2ccccc2Cl)n1)C(=O)O. The molecule has 0 aliphatic heterocycles. The Balaban J connectivity index is 1.91. The molecule has 0 bridgehead atoms. The molecule has 0 saturated carbocycles. The largest absolute Gasteiger partial charge is 0.481 e. The van der Waals surface area contributed by atoms with Gasteiger partial charge in [0, 0.05) is 30.3 Å². The van der Waals surface area contributed by atoms with Crippen molar-refractivity contribution in [2.45, 2.75) is 25.7 Å². The van der Waals surface area contributed by atoms with Gasteiger partial charge in [-0.15, -0.1) is 11.3 Å². The number of hydrogen-bond donors (Lipinski definition) is 3. The van der Waals surface area contributed by atoms with Crippen molar-refractivity contribution in [1.29, 1.82) is 0 Å². The van der Waals surface area contributed by atoms with E-state index in [9.17, 15) is 19.5 Å². The third-order valence-corrected chi connectivity index (χ3v) is 5.14. The summed E-state index contributed by atoms with van der Waals surface area (Å²) in [4.78, 5) is 38.7. The van der Waals surface area contributed by atoms with Crippen molar-refractivity contribution in [3.63, 3.8) is 0 Å². The summed E-state index contributed by atoms with van der Waals surface area (Å²) < 4.78 is 0. The van der Waals surface area contributed by atoms with E-state index in [0.717, 1.165) is 10.6 Å². The van der Waals surface area contributed by atoms with Crippen LogP contribution in [0.4, 0.5) is 4.79 Å². The van der Waals surface area contributed by atoms with E-state index in [1.54, 1.807) is 11.4 Å². The molecule has 1 atom stereocenters. The highest BCUT2D eigenvalue weighted by Gasteiger charge is 2.21. The van der Waals surface area contributed by atoms with Gasteiger partial charge in [-0.05, 0) is 18.9 Å². The zero-order chi connectivity index (χ0) is 19.8. The predicted molar refractivity (Wildman–Crippen MR) is 104 cm³/mol. The first-order valence-electron chi connectivity index (χ1n) is 8.34. The number of carboxylic acids is 1. The summed E-state index contributed by atoms with van der Waals surface area (Å²) in [6, 6.07) is 6.66. The molecule has 4 N–H and O–H groups in total. The van der Waals surface area contributed by atoms with Gasteiger partial charge in [-0.2, -0.15) is 0 Å². The van der Waals surface area contributed by atoms with Crippen molar-refractivity contribution in [3.05, 3.63) is 40.4 Å². The number of benzene rings is 1. The molecule has 144 valence electrons. The van der Waals surface area contributed by atoms with Gasteiger partial charge in [-0.1, -0.05) is 29.8 Å². The smallest absolute Gasteiger partial charge is 0.312 e. The van der Waals surface area contributed by atoms with Crippen LogP contribution in [0.25, 0.3) is 10.6 Å². The van der Waals surface area contributed by atoms with Crippen molar-refractivity contribution in [2.24, 2.45) is 11.7 Å². The standard InChI is InChI=1S/C18H20ClN3O4S/c19-15-6-2-1-5-14(15)16-22-12(10-27-16)9-13(23)8-11(17(24)25)4-3-7-21-18(20)26/h1-2,5-6,10-11H,3-4,7-9H2,(H,24,25)(H3,20,21,26)/t11-/m0/s1. The summed E-state index contributed by atoms with van der Waals surface area (Å²) in [5.74, 6) is -2.02. The second-order valence-corrected chi connectivity index (χ2v) is 7.28. The van der Waals surface area contributed by atoms with E-state index in [1.165, 1.54) is 11.3 Å². The van der Waals surface area contributed by atoms with E-state index < -0.39 is 17.9 Å². The molecule has 1 aromatic carbocycles. The number of halogens is 1. The van der Waals surface area contributed by atoms with E-state index >= 15 is 0 Å². The number of aromatic nitrogens is 1. The molecule has 0 unspecified atom stereocenters. The Bertz CT molecular complexity index is 824. The first kappa shape index (κ1) is 20.9. The fourth-order valence-electron chi connectivity index (χ4n) is 2.57. The van der Waals surface area contributed by atoms with Crippen LogP contribution in [0.1, 0.15) is 25.0 Å². The van der Waals surface area contributed by atoms with Crippen LogP contribution in [0.2, 0.25) is 5.02 Å². The number of nitrogens with zero attached hydrogens (tertiary/aromatic N) is 1. The Hall–Kier alpha value is -2.45. The summed E-state index contributed by atoms with van der Waals surface area (Å²) in [6.45, 7) is 0.278. The monoisotopic (exact) mass is 409 g/mol. The first-order valence-corrected chi connectivity index (χ1v) is 9.59. The molecule has 0 saturated heterocycles. The van der Waals surface area contributed by atoms with Gasteiger partial charge in [0.15, 0.2) is 0 Å². The molecule has 0 fully saturated rings. The average Bonchev–Trinajstić information content (AvgIpc) is 3.05. The van der Waals surface area contributed by atoms with Gasteiger partial charge in [-0.25, -0.2) is 9.78 Å². The maximum absolute atomic E-state index is 12.3. The minimum Gasteiger partial charge on any atom is -0.481 e. The highest BCUT2D eigenvalue weighted by atomic mass is 35.5. The number of amides is 2. The van der Waals surface area contributed by atoms with Crippen LogP contribution >= 0.6 is 22.9 Å². The highest BCUT2D eigenvalue weighted by molar-refractivity contribution is 7.13.